The fraction of sp³-hybridized carbons (Fsp3) is 1.00. The molecule has 0 bridgehead atoms. The molecule has 0 atom stereocenters. The van der Waals surface area contributed by atoms with Crippen LogP contribution in [0.3, 0.4) is 0 Å². The van der Waals surface area contributed by atoms with Crippen molar-refractivity contribution in [1.29, 1.82) is 0 Å². The Morgan fingerprint density at radius 3 is 1.07 bits per heavy atom. The van der Waals surface area contributed by atoms with Crippen molar-refractivity contribution in [3.8, 4) is 0 Å². The molecule has 0 unspecified atom stereocenters. The zero-order valence-corrected chi connectivity index (χ0v) is 12.7. The van der Waals surface area contributed by atoms with Crippen molar-refractivity contribution in [1.82, 2.24) is 10.6 Å². The van der Waals surface area contributed by atoms with E-state index in [1.54, 1.807) is 0 Å². The van der Waals surface area contributed by atoms with E-state index in [0.29, 0.717) is 0 Å². The third-order valence-electron chi connectivity index (χ3n) is 1.32. The molecule has 0 amide bonds. The van der Waals surface area contributed by atoms with Gasteiger partial charge in [0.15, 0.2) is 0 Å². The van der Waals surface area contributed by atoms with Gasteiger partial charge < -0.3 is 10.6 Å². The first kappa shape index (κ1) is 24.2. The van der Waals surface area contributed by atoms with Crippen molar-refractivity contribution in [2.24, 2.45) is 5.92 Å². The third kappa shape index (κ3) is 129. The molecule has 2 nitrogen and oxygen atoms in total. The Morgan fingerprint density at radius 1 is 0.867 bits per heavy atom. The Bertz CT molecular complexity index is 52.5. The minimum Gasteiger partial charge on any atom is -0.323 e. The van der Waals surface area contributed by atoms with Gasteiger partial charge in [0, 0.05) is 0 Å². The van der Waals surface area contributed by atoms with Crippen LogP contribution in [0.15, 0.2) is 0 Å². The lowest BCUT2D eigenvalue weighted by atomic mass is 10.2. The molecule has 2 N–H and O–H groups in total. The molecule has 98 valence electrons. The van der Waals surface area contributed by atoms with Crippen molar-refractivity contribution in [3.05, 3.63) is 0 Å². The maximum absolute atomic E-state index is 3.11. The normalized spacial score (nSPS) is 7.60. The van der Waals surface area contributed by atoms with Crippen molar-refractivity contribution < 1.29 is 0 Å². The highest BCUT2D eigenvalue weighted by Crippen LogP contribution is 1.93. The van der Waals surface area contributed by atoms with Crippen molar-refractivity contribution >= 4 is 0 Å². The van der Waals surface area contributed by atoms with Gasteiger partial charge >= 0.3 is 0 Å². The summed E-state index contributed by atoms with van der Waals surface area (Å²) in [6.45, 7) is 17.0. The predicted octanol–water partition coefficient (Wildman–Crippen LogP) is 3.53. The molecule has 0 aromatic heterocycles. The van der Waals surface area contributed by atoms with Gasteiger partial charge in [-0.1, -0.05) is 54.9 Å². The van der Waals surface area contributed by atoms with Gasteiger partial charge in [0.25, 0.3) is 0 Å². The molecule has 0 fully saturated rings. The fourth-order valence-electron chi connectivity index (χ4n) is 0.250. The summed E-state index contributed by atoms with van der Waals surface area (Å²) in [4.78, 5) is 0. The second-order valence-corrected chi connectivity index (χ2v) is 3.26. The van der Waals surface area contributed by atoms with Crippen LogP contribution in [-0.4, -0.2) is 27.2 Å². The fourth-order valence-corrected chi connectivity index (χ4v) is 0.250. The molecule has 0 rings (SSSR count). The summed E-state index contributed by atoms with van der Waals surface area (Å²) < 4.78 is 0. The average Bonchev–Trinajstić information content (AvgIpc) is 2.24. The topological polar surface area (TPSA) is 24.1 Å². The minimum atomic E-state index is 0.884. The van der Waals surface area contributed by atoms with E-state index in [2.05, 4.69) is 45.3 Å². The van der Waals surface area contributed by atoms with Crippen molar-refractivity contribution in [2.45, 2.75) is 54.9 Å². The Balaban J connectivity index is -0.0000000574. The SMILES string of the molecule is CC.CCC(C)C.CCNCC.CNC. The molecule has 0 spiro atoms. The largest absolute Gasteiger partial charge is 0.323 e. The summed E-state index contributed by atoms with van der Waals surface area (Å²) in [7, 11) is 3.75. The second-order valence-electron chi connectivity index (χ2n) is 3.26. The predicted molar refractivity (Wildman–Crippen MR) is 75.7 cm³/mol. The van der Waals surface area contributed by atoms with Crippen LogP contribution in [0.25, 0.3) is 0 Å². The summed E-state index contributed by atoms with van der Waals surface area (Å²) in [5, 5.41) is 5.86. The minimum absolute atomic E-state index is 0.884. The summed E-state index contributed by atoms with van der Waals surface area (Å²) in [5.74, 6) is 0.884. The van der Waals surface area contributed by atoms with Crippen molar-refractivity contribution in [3.63, 3.8) is 0 Å². The van der Waals surface area contributed by atoms with Crippen LogP contribution in [0.2, 0.25) is 0 Å². The van der Waals surface area contributed by atoms with Crippen LogP contribution in [0.4, 0.5) is 0 Å². The maximum Gasteiger partial charge on any atom is -0.00775 e. The summed E-state index contributed by atoms with van der Waals surface area (Å²) in [6, 6.07) is 0. The molecular formula is C13H36N2. The molecule has 0 aliphatic heterocycles. The van der Waals surface area contributed by atoms with E-state index < -0.39 is 0 Å². The highest BCUT2D eigenvalue weighted by atomic mass is 14.8. The molecule has 0 saturated heterocycles. The van der Waals surface area contributed by atoms with Crippen LogP contribution in [0.5, 0.6) is 0 Å². The first-order valence-corrected chi connectivity index (χ1v) is 6.39. The highest BCUT2D eigenvalue weighted by Gasteiger charge is 1.80. The Labute approximate surface area is 99.2 Å². The van der Waals surface area contributed by atoms with E-state index >= 15 is 0 Å². The van der Waals surface area contributed by atoms with Gasteiger partial charge in [-0.3, -0.25) is 0 Å². The zero-order chi connectivity index (χ0) is 13.1. The maximum atomic E-state index is 3.11. The monoisotopic (exact) mass is 220 g/mol. The molecule has 0 aromatic rings. The van der Waals surface area contributed by atoms with Gasteiger partial charge in [-0.2, -0.15) is 0 Å². The molecule has 0 aliphatic carbocycles. The molecule has 0 aliphatic rings. The van der Waals surface area contributed by atoms with Gasteiger partial charge in [0.2, 0.25) is 0 Å². The quantitative estimate of drug-likeness (QED) is 0.760. The Hall–Kier alpha value is -0.0800. The van der Waals surface area contributed by atoms with E-state index in [9.17, 15) is 0 Å². The lowest BCUT2D eigenvalue weighted by Gasteiger charge is -1.90. The number of nitrogens with one attached hydrogen (secondary N) is 2. The molecule has 0 radical (unpaired) electrons. The third-order valence-corrected chi connectivity index (χ3v) is 1.32. The molecular weight excluding hydrogens is 184 g/mol. The Morgan fingerprint density at radius 2 is 1.07 bits per heavy atom. The van der Waals surface area contributed by atoms with Gasteiger partial charge in [0.1, 0.15) is 0 Å². The average molecular weight is 220 g/mol. The summed E-state index contributed by atoms with van der Waals surface area (Å²) in [5.41, 5.74) is 0. The molecule has 0 saturated carbocycles. The second kappa shape index (κ2) is 37.0. The first-order valence-electron chi connectivity index (χ1n) is 6.39. The van der Waals surface area contributed by atoms with Crippen LogP contribution in [-0.2, 0) is 0 Å². The van der Waals surface area contributed by atoms with Crippen molar-refractivity contribution in [2.75, 3.05) is 27.2 Å². The lowest BCUT2D eigenvalue weighted by molar-refractivity contribution is 0.626. The zero-order valence-electron chi connectivity index (χ0n) is 12.7. The number of hydrogen-bond acceptors (Lipinski definition) is 2. The lowest BCUT2D eigenvalue weighted by Crippen LogP contribution is -2.09. The van der Waals surface area contributed by atoms with E-state index in [1.807, 2.05) is 27.9 Å². The van der Waals surface area contributed by atoms with Gasteiger partial charge in [-0.15, -0.1) is 0 Å². The number of rotatable bonds is 3. The van der Waals surface area contributed by atoms with E-state index in [-0.39, 0.29) is 0 Å². The number of hydrogen-bond donors (Lipinski definition) is 2. The van der Waals surface area contributed by atoms with E-state index in [0.717, 1.165) is 19.0 Å². The molecule has 0 heterocycles. The van der Waals surface area contributed by atoms with Crippen LogP contribution in [0.1, 0.15) is 54.9 Å². The van der Waals surface area contributed by atoms with Gasteiger partial charge in [-0.05, 0) is 33.1 Å². The van der Waals surface area contributed by atoms with Crippen LogP contribution < -0.4 is 10.6 Å². The molecule has 0 aromatic carbocycles. The standard InChI is InChI=1S/C5H12.C4H11N.C2H7N.C2H6/c1-4-5(2)3;1-3-5-4-2;1-3-2;1-2/h5H,4H2,1-3H3;5H,3-4H2,1-2H3;3H,1-2H3;1-2H3. The van der Waals surface area contributed by atoms with Crippen LogP contribution >= 0.6 is 0 Å². The van der Waals surface area contributed by atoms with E-state index in [4.69, 9.17) is 0 Å². The van der Waals surface area contributed by atoms with Gasteiger partial charge in [-0.25, -0.2) is 0 Å². The Kier molecular flexibility index (Phi) is 59.9. The van der Waals surface area contributed by atoms with Gasteiger partial charge in [0.05, 0.1) is 0 Å². The first-order chi connectivity index (χ1) is 7.10. The molecule has 15 heavy (non-hydrogen) atoms. The summed E-state index contributed by atoms with van der Waals surface area (Å²) in [6.07, 6.45) is 1.31. The van der Waals surface area contributed by atoms with E-state index in [1.165, 1.54) is 6.42 Å². The molecule has 2 heteroatoms. The summed E-state index contributed by atoms with van der Waals surface area (Å²) >= 11 is 0. The smallest absolute Gasteiger partial charge is 0.00775 e. The highest BCUT2D eigenvalue weighted by molar-refractivity contribution is 4.32. The van der Waals surface area contributed by atoms with Crippen LogP contribution in [0, 0.1) is 5.92 Å².